The third kappa shape index (κ3) is 4.27. The standard InChI is InChI=1S/C23H18N2O4/c26-22(25-21(19-8-4-14-28-19)16-6-2-1-3-7-16)17-10-12-18(13-11-17)24-23(27)20-9-5-15-29-20/h1-15,21H,(H,24,27)(H,25,26). The predicted molar refractivity (Wildman–Crippen MR) is 108 cm³/mol. The maximum absolute atomic E-state index is 12.8. The van der Waals surface area contributed by atoms with Gasteiger partial charge in [-0.05, 0) is 54.1 Å². The second kappa shape index (κ2) is 8.31. The van der Waals surface area contributed by atoms with Gasteiger partial charge in [0.15, 0.2) is 5.76 Å². The molecule has 2 aromatic carbocycles. The number of carbonyl (C=O) groups is 2. The van der Waals surface area contributed by atoms with Crippen LogP contribution in [-0.4, -0.2) is 11.8 Å². The predicted octanol–water partition coefficient (Wildman–Crippen LogP) is 4.64. The number of nitrogens with one attached hydrogen (secondary N) is 2. The van der Waals surface area contributed by atoms with Gasteiger partial charge in [-0.2, -0.15) is 0 Å². The number of hydrogen-bond donors (Lipinski definition) is 2. The van der Waals surface area contributed by atoms with Gasteiger partial charge in [-0.1, -0.05) is 30.3 Å². The molecule has 0 saturated carbocycles. The van der Waals surface area contributed by atoms with Crippen molar-refractivity contribution in [2.45, 2.75) is 6.04 Å². The third-order valence-electron chi connectivity index (χ3n) is 4.39. The van der Waals surface area contributed by atoms with Gasteiger partial charge < -0.3 is 19.5 Å². The molecule has 0 fully saturated rings. The Kier molecular flexibility index (Phi) is 5.25. The smallest absolute Gasteiger partial charge is 0.291 e. The Hall–Kier alpha value is -4.06. The third-order valence-corrected chi connectivity index (χ3v) is 4.39. The molecule has 29 heavy (non-hydrogen) atoms. The van der Waals surface area contributed by atoms with Crippen LogP contribution in [0.2, 0.25) is 0 Å². The Balaban J connectivity index is 1.48. The van der Waals surface area contributed by atoms with E-state index in [1.54, 1.807) is 48.7 Å². The van der Waals surface area contributed by atoms with Crippen LogP contribution in [0.25, 0.3) is 0 Å². The van der Waals surface area contributed by atoms with Crippen molar-refractivity contribution in [2.75, 3.05) is 5.32 Å². The summed E-state index contributed by atoms with van der Waals surface area (Å²) in [5, 5.41) is 5.72. The minimum absolute atomic E-state index is 0.218. The summed E-state index contributed by atoms with van der Waals surface area (Å²) in [4.78, 5) is 24.8. The highest BCUT2D eigenvalue weighted by Gasteiger charge is 2.20. The number of hydrogen-bond acceptors (Lipinski definition) is 4. The Morgan fingerprint density at radius 2 is 1.45 bits per heavy atom. The number of furan rings is 2. The molecule has 6 nitrogen and oxygen atoms in total. The van der Waals surface area contributed by atoms with Crippen LogP contribution >= 0.6 is 0 Å². The second-order valence-corrected chi connectivity index (χ2v) is 6.34. The van der Waals surface area contributed by atoms with Crippen LogP contribution in [0.4, 0.5) is 5.69 Å². The molecule has 0 spiro atoms. The molecule has 6 heteroatoms. The Bertz CT molecular complexity index is 1070. The number of amides is 2. The number of benzene rings is 2. The highest BCUT2D eigenvalue weighted by Crippen LogP contribution is 2.23. The topological polar surface area (TPSA) is 84.5 Å². The fraction of sp³-hybridized carbons (Fsp3) is 0.0435. The van der Waals surface area contributed by atoms with Crippen LogP contribution in [0.5, 0.6) is 0 Å². The summed E-state index contributed by atoms with van der Waals surface area (Å²) < 4.78 is 10.6. The van der Waals surface area contributed by atoms with Crippen LogP contribution in [-0.2, 0) is 0 Å². The van der Waals surface area contributed by atoms with Crippen LogP contribution in [0.3, 0.4) is 0 Å². The van der Waals surface area contributed by atoms with E-state index in [4.69, 9.17) is 8.83 Å². The molecule has 2 N–H and O–H groups in total. The number of anilines is 1. The molecule has 0 radical (unpaired) electrons. The quantitative estimate of drug-likeness (QED) is 0.505. The van der Waals surface area contributed by atoms with E-state index in [0.29, 0.717) is 17.0 Å². The van der Waals surface area contributed by atoms with Gasteiger partial charge in [0.05, 0.1) is 12.5 Å². The number of rotatable bonds is 6. The summed E-state index contributed by atoms with van der Waals surface area (Å²) in [6, 6.07) is 22.7. The lowest BCUT2D eigenvalue weighted by atomic mass is 10.0. The van der Waals surface area contributed by atoms with E-state index >= 15 is 0 Å². The zero-order valence-electron chi connectivity index (χ0n) is 15.4. The van der Waals surface area contributed by atoms with E-state index in [0.717, 1.165) is 5.56 Å². The van der Waals surface area contributed by atoms with Crippen molar-refractivity contribution in [2.24, 2.45) is 0 Å². The molecule has 4 rings (SSSR count). The summed E-state index contributed by atoms with van der Waals surface area (Å²) in [6.45, 7) is 0. The van der Waals surface area contributed by atoms with Crippen molar-refractivity contribution in [3.8, 4) is 0 Å². The molecular formula is C23H18N2O4. The lowest BCUT2D eigenvalue weighted by molar-refractivity contribution is 0.0938. The molecule has 144 valence electrons. The fourth-order valence-electron chi connectivity index (χ4n) is 2.94. The Labute approximate surface area is 167 Å². The van der Waals surface area contributed by atoms with E-state index in [2.05, 4.69) is 10.6 Å². The van der Waals surface area contributed by atoms with Crippen molar-refractivity contribution in [1.29, 1.82) is 0 Å². The molecule has 2 heterocycles. The van der Waals surface area contributed by atoms with Gasteiger partial charge in [-0.15, -0.1) is 0 Å². The summed E-state index contributed by atoms with van der Waals surface area (Å²) in [6.07, 6.45) is 3.01. The number of carbonyl (C=O) groups excluding carboxylic acids is 2. The average Bonchev–Trinajstić information content (AvgIpc) is 3.47. The van der Waals surface area contributed by atoms with E-state index < -0.39 is 6.04 Å². The van der Waals surface area contributed by atoms with Crippen molar-refractivity contribution in [3.05, 3.63) is 114 Å². The van der Waals surface area contributed by atoms with E-state index in [1.807, 2.05) is 36.4 Å². The van der Waals surface area contributed by atoms with Gasteiger partial charge in [0.1, 0.15) is 11.8 Å². The molecule has 0 aliphatic heterocycles. The van der Waals surface area contributed by atoms with Gasteiger partial charge >= 0.3 is 0 Å². The van der Waals surface area contributed by atoms with Crippen molar-refractivity contribution >= 4 is 17.5 Å². The monoisotopic (exact) mass is 386 g/mol. The molecule has 2 amide bonds. The van der Waals surface area contributed by atoms with Crippen LogP contribution in [0.15, 0.2) is 100 Å². The normalized spacial score (nSPS) is 11.6. The fourth-order valence-corrected chi connectivity index (χ4v) is 2.94. The zero-order chi connectivity index (χ0) is 20.1. The maximum atomic E-state index is 12.8. The highest BCUT2D eigenvalue weighted by atomic mass is 16.3. The van der Waals surface area contributed by atoms with Crippen LogP contribution < -0.4 is 10.6 Å². The highest BCUT2D eigenvalue weighted by molar-refractivity contribution is 6.02. The minimum Gasteiger partial charge on any atom is -0.467 e. The molecular weight excluding hydrogens is 368 g/mol. The zero-order valence-corrected chi connectivity index (χ0v) is 15.4. The summed E-state index contributed by atoms with van der Waals surface area (Å²) in [5.41, 5.74) is 1.94. The van der Waals surface area contributed by atoms with Gasteiger partial charge in [0.2, 0.25) is 0 Å². The van der Waals surface area contributed by atoms with Crippen molar-refractivity contribution in [1.82, 2.24) is 5.32 Å². The van der Waals surface area contributed by atoms with Gasteiger partial charge in [0, 0.05) is 11.3 Å². The minimum atomic E-state index is -0.406. The van der Waals surface area contributed by atoms with Crippen molar-refractivity contribution in [3.63, 3.8) is 0 Å². The second-order valence-electron chi connectivity index (χ2n) is 6.34. The first-order valence-electron chi connectivity index (χ1n) is 9.05. The average molecular weight is 386 g/mol. The van der Waals surface area contributed by atoms with Gasteiger partial charge in [-0.25, -0.2) is 0 Å². The van der Waals surface area contributed by atoms with Crippen LogP contribution in [0, 0.1) is 0 Å². The molecule has 1 atom stereocenters. The first kappa shape index (κ1) is 18.3. The molecule has 0 bridgehead atoms. The van der Waals surface area contributed by atoms with Crippen molar-refractivity contribution < 1.29 is 18.4 Å². The first-order chi connectivity index (χ1) is 14.2. The lowest BCUT2D eigenvalue weighted by Gasteiger charge is -2.17. The van der Waals surface area contributed by atoms with E-state index in [-0.39, 0.29) is 17.6 Å². The molecule has 4 aromatic rings. The molecule has 0 aliphatic rings. The first-order valence-corrected chi connectivity index (χ1v) is 9.05. The molecule has 0 saturated heterocycles. The molecule has 1 unspecified atom stereocenters. The molecule has 0 aliphatic carbocycles. The van der Waals surface area contributed by atoms with E-state index in [9.17, 15) is 9.59 Å². The summed E-state index contributed by atoms with van der Waals surface area (Å²) in [5.74, 6) is 0.260. The van der Waals surface area contributed by atoms with Gasteiger partial charge in [-0.3, -0.25) is 9.59 Å². The van der Waals surface area contributed by atoms with Crippen LogP contribution in [0.1, 0.15) is 38.3 Å². The Morgan fingerprint density at radius 3 is 2.10 bits per heavy atom. The summed E-state index contributed by atoms with van der Waals surface area (Å²) >= 11 is 0. The Morgan fingerprint density at radius 1 is 0.724 bits per heavy atom. The largest absolute Gasteiger partial charge is 0.467 e. The SMILES string of the molecule is O=C(NC(c1ccccc1)c1ccco1)c1ccc(NC(=O)c2ccco2)cc1. The maximum Gasteiger partial charge on any atom is 0.291 e. The molecule has 2 aromatic heterocycles. The van der Waals surface area contributed by atoms with E-state index in [1.165, 1.54) is 6.26 Å². The lowest BCUT2D eigenvalue weighted by Crippen LogP contribution is -2.29. The summed E-state index contributed by atoms with van der Waals surface area (Å²) in [7, 11) is 0. The van der Waals surface area contributed by atoms with Gasteiger partial charge in [0.25, 0.3) is 11.8 Å².